The Morgan fingerprint density at radius 1 is 1.35 bits per heavy atom. The Morgan fingerprint density at radius 3 is 2.87 bits per heavy atom. The first-order chi connectivity index (χ1) is 11.1. The van der Waals surface area contributed by atoms with Crippen molar-refractivity contribution in [3.8, 4) is 5.69 Å². The van der Waals surface area contributed by atoms with Gasteiger partial charge in [-0.2, -0.15) is 4.68 Å². The molecule has 118 valence electrons. The van der Waals surface area contributed by atoms with E-state index in [4.69, 9.17) is 0 Å². The Balaban J connectivity index is 1.58. The number of nitrogens with zero attached hydrogens (tertiary/aromatic N) is 4. The molecule has 0 radical (unpaired) electrons. The van der Waals surface area contributed by atoms with Crippen molar-refractivity contribution in [3.63, 3.8) is 0 Å². The van der Waals surface area contributed by atoms with E-state index in [2.05, 4.69) is 33.0 Å². The van der Waals surface area contributed by atoms with E-state index in [0.717, 1.165) is 12.8 Å². The molecule has 3 atom stereocenters. The largest absolute Gasteiger partial charge is 0.323 e. The number of aryl methyl sites for hydroxylation is 1. The number of hydrogen-bond donors (Lipinski definition) is 1. The maximum Gasteiger partial charge on any atom is 0.228 e. The van der Waals surface area contributed by atoms with Crippen LogP contribution in [0.3, 0.4) is 0 Å². The fraction of sp³-hybridized carbons (Fsp3) is 0.375. The first kappa shape index (κ1) is 14.0. The summed E-state index contributed by atoms with van der Waals surface area (Å²) in [6.07, 6.45) is 6.16. The normalized spacial score (nSPS) is 25.0. The molecule has 1 saturated carbocycles. The molecule has 1 aromatic carbocycles. The molecule has 4 rings (SSSR count). The van der Waals surface area contributed by atoms with Gasteiger partial charge < -0.3 is 5.32 Å². The number of amides is 1. The van der Waals surface area contributed by atoms with Gasteiger partial charge in [0.15, 0.2) is 5.82 Å². The fourth-order valence-corrected chi connectivity index (χ4v) is 3.52. The van der Waals surface area contributed by atoms with E-state index in [1.165, 1.54) is 10.7 Å². The topological polar surface area (TPSA) is 72.7 Å². The van der Waals surface area contributed by atoms with Crippen LogP contribution in [0.1, 0.15) is 18.7 Å². The summed E-state index contributed by atoms with van der Waals surface area (Å²) in [6, 6.07) is 4.45. The van der Waals surface area contributed by atoms with Crippen LogP contribution in [0.4, 0.5) is 10.1 Å². The molecule has 1 fully saturated rings. The smallest absolute Gasteiger partial charge is 0.228 e. The minimum atomic E-state index is -0.466. The number of carbonyl (C=O) groups excluding carboxylic acids is 1. The van der Waals surface area contributed by atoms with Gasteiger partial charge in [-0.15, -0.1) is 5.10 Å². The highest BCUT2D eigenvalue weighted by Crippen LogP contribution is 2.43. The maximum absolute atomic E-state index is 14.1. The third-order valence-corrected chi connectivity index (χ3v) is 4.69. The Kier molecular flexibility index (Phi) is 3.21. The number of anilines is 1. The molecule has 23 heavy (non-hydrogen) atoms. The molecule has 2 aliphatic carbocycles. The van der Waals surface area contributed by atoms with E-state index < -0.39 is 5.82 Å². The summed E-state index contributed by atoms with van der Waals surface area (Å²) < 4.78 is 15.6. The van der Waals surface area contributed by atoms with Gasteiger partial charge in [0.25, 0.3) is 0 Å². The van der Waals surface area contributed by atoms with Crippen molar-refractivity contribution in [1.29, 1.82) is 0 Å². The van der Waals surface area contributed by atoms with E-state index in [0.29, 0.717) is 17.4 Å². The molecule has 6 nitrogen and oxygen atoms in total. The summed E-state index contributed by atoms with van der Waals surface area (Å²) in [5, 5.41) is 14.0. The first-order valence-electron chi connectivity index (χ1n) is 7.66. The van der Waals surface area contributed by atoms with E-state index in [9.17, 15) is 9.18 Å². The molecule has 0 aliphatic heterocycles. The van der Waals surface area contributed by atoms with Gasteiger partial charge in [-0.3, -0.25) is 4.79 Å². The summed E-state index contributed by atoms with van der Waals surface area (Å²) in [6.45, 7) is 1.75. The number of halogens is 1. The SMILES string of the molecule is Cc1nnnn1-c1ccc(F)c(NC(=O)[C@H]2C[C@H]3C=C[C@H]2C3)c1. The van der Waals surface area contributed by atoms with Crippen LogP contribution in [0.25, 0.3) is 5.69 Å². The lowest BCUT2D eigenvalue weighted by atomic mass is 9.93. The van der Waals surface area contributed by atoms with Gasteiger partial charge in [-0.25, -0.2) is 4.39 Å². The van der Waals surface area contributed by atoms with Gasteiger partial charge in [0.2, 0.25) is 5.91 Å². The quantitative estimate of drug-likeness (QED) is 0.882. The molecule has 0 unspecified atom stereocenters. The summed E-state index contributed by atoms with van der Waals surface area (Å²) in [7, 11) is 0. The highest BCUT2D eigenvalue weighted by atomic mass is 19.1. The van der Waals surface area contributed by atoms with Crippen molar-refractivity contribution in [3.05, 3.63) is 42.0 Å². The Bertz CT molecular complexity index is 800. The molecule has 2 aliphatic rings. The van der Waals surface area contributed by atoms with Gasteiger partial charge >= 0.3 is 0 Å². The zero-order chi connectivity index (χ0) is 16.0. The minimum absolute atomic E-state index is 0.0668. The number of allylic oxidation sites excluding steroid dienone is 2. The van der Waals surface area contributed by atoms with Crippen molar-refractivity contribution in [2.45, 2.75) is 19.8 Å². The summed E-state index contributed by atoms with van der Waals surface area (Å²) >= 11 is 0. The number of tetrazole rings is 1. The molecule has 0 spiro atoms. The highest BCUT2D eigenvalue weighted by Gasteiger charge is 2.39. The maximum atomic E-state index is 14.1. The number of nitrogens with one attached hydrogen (secondary N) is 1. The molecule has 0 saturated heterocycles. The van der Waals surface area contributed by atoms with Gasteiger partial charge in [-0.05, 0) is 60.2 Å². The molecule has 1 aromatic heterocycles. The summed E-state index contributed by atoms with van der Waals surface area (Å²) in [4.78, 5) is 12.5. The average molecular weight is 313 g/mol. The van der Waals surface area contributed by atoms with Crippen LogP contribution < -0.4 is 5.32 Å². The van der Waals surface area contributed by atoms with Gasteiger partial charge in [0.1, 0.15) is 5.82 Å². The van der Waals surface area contributed by atoms with E-state index >= 15 is 0 Å². The predicted molar refractivity (Wildman–Crippen MR) is 81.3 cm³/mol. The van der Waals surface area contributed by atoms with Crippen LogP contribution in [0.15, 0.2) is 30.4 Å². The second kappa shape index (κ2) is 5.26. The van der Waals surface area contributed by atoms with E-state index in [1.807, 2.05) is 0 Å². The highest BCUT2D eigenvalue weighted by molar-refractivity contribution is 5.93. The monoisotopic (exact) mass is 313 g/mol. The Hall–Kier alpha value is -2.57. The standard InChI is InChI=1S/C16H16FN5O/c1-9-19-20-21-22(9)12-4-5-14(17)15(8-12)18-16(23)13-7-10-2-3-11(13)6-10/h2-5,8,10-11,13H,6-7H2,1H3,(H,18,23)/t10-,11-,13-/m0/s1. The van der Waals surface area contributed by atoms with E-state index in [1.54, 1.807) is 19.1 Å². The van der Waals surface area contributed by atoms with Crippen LogP contribution >= 0.6 is 0 Å². The molecular formula is C16H16FN5O. The lowest BCUT2D eigenvalue weighted by Crippen LogP contribution is -2.26. The molecular weight excluding hydrogens is 297 g/mol. The molecule has 1 amide bonds. The predicted octanol–water partition coefficient (Wildman–Crippen LogP) is 2.26. The average Bonchev–Trinajstić information content (AvgIpc) is 3.26. The molecule has 2 bridgehead atoms. The second-order valence-electron chi connectivity index (χ2n) is 6.18. The molecule has 1 heterocycles. The number of rotatable bonds is 3. The lowest BCUT2D eigenvalue weighted by Gasteiger charge is -2.18. The van der Waals surface area contributed by atoms with Crippen LogP contribution in [0, 0.1) is 30.5 Å². The van der Waals surface area contributed by atoms with E-state index in [-0.39, 0.29) is 23.4 Å². The first-order valence-corrected chi connectivity index (χ1v) is 7.66. The van der Waals surface area contributed by atoms with Crippen LogP contribution in [-0.4, -0.2) is 26.1 Å². The Labute approximate surface area is 132 Å². The summed E-state index contributed by atoms with van der Waals surface area (Å²) in [5.74, 6) is 0.719. The number of benzene rings is 1. The van der Waals surface area contributed by atoms with Crippen molar-refractivity contribution >= 4 is 11.6 Å². The number of fused-ring (bicyclic) bond motifs is 2. The minimum Gasteiger partial charge on any atom is -0.323 e. The zero-order valence-corrected chi connectivity index (χ0v) is 12.6. The lowest BCUT2D eigenvalue weighted by molar-refractivity contribution is -0.120. The third kappa shape index (κ3) is 2.42. The van der Waals surface area contributed by atoms with Crippen molar-refractivity contribution in [2.75, 3.05) is 5.32 Å². The van der Waals surface area contributed by atoms with Crippen molar-refractivity contribution in [1.82, 2.24) is 20.2 Å². The van der Waals surface area contributed by atoms with Crippen LogP contribution in [0.5, 0.6) is 0 Å². The Morgan fingerprint density at radius 2 is 2.22 bits per heavy atom. The number of carbonyl (C=O) groups is 1. The van der Waals surface area contributed by atoms with Gasteiger partial charge in [0, 0.05) is 5.92 Å². The van der Waals surface area contributed by atoms with Crippen LogP contribution in [0.2, 0.25) is 0 Å². The third-order valence-electron chi connectivity index (χ3n) is 4.69. The molecule has 1 N–H and O–H groups in total. The molecule has 2 aromatic rings. The number of hydrogen-bond acceptors (Lipinski definition) is 4. The van der Waals surface area contributed by atoms with Crippen LogP contribution in [-0.2, 0) is 4.79 Å². The van der Waals surface area contributed by atoms with Crippen molar-refractivity contribution < 1.29 is 9.18 Å². The fourth-order valence-electron chi connectivity index (χ4n) is 3.52. The number of aromatic nitrogens is 4. The van der Waals surface area contributed by atoms with Gasteiger partial charge in [-0.1, -0.05) is 12.2 Å². The van der Waals surface area contributed by atoms with Gasteiger partial charge in [0.05, 0.1) is 11.4 Å². The summed E-state index contributed by atoms with van der Waals surface area (Å²) in [5.41, 5.74) is 0.770. The zero-order valence-electron chi connectivity index (χ0n) is 12.6. The second-order valence-corrected chi connectivity index (χ2v) is 6.18. The molecule has 7 heteroatoms. The van der Waals surface area contributed by atoms with Crippen molar-refractivity contribution in [2.24, 2.45) is 17.8 Å².